The molecule has 0 aromatic carbocycles. The first-order valence-corrected chi connectivity index (χ1v) is 6.47. The van der Waals surface area contributed by atoms with E-state index in [1.807, 2.05) is 6.92 Å². The minimum Gasteiger partial charge on any atom is -0.389 e. The summed E-state index contributed by atoms with van der Waals surface area (Å²) in [5.41, 5.74) is 5.30. The second-order valence-electron chi connectivity index (χ2n) is 5.96. The number of methoxy groups -OCH3 is 1. The fraction of sp³-hybridized carbons (Fsp3) is 1.00. The molecule has 0 aromatic heterocycles. The van der Waals surface area contributed by atoms with Crippen LogP contribution in [0.1, 0.15) is 39.0 Å². The van der Waals surface area contributed by atoms with Crippen LogP contribution in [0.5, 0.6) is 0 Å². The zero-order valence-electron chi connectivity index (χ0n) is 10.5. The number of ether oxygens (including phenoxy) is 1. The van der Waals surface area contributed by atoms with Gasteiger partial charge in [0, 0.05) is 25.7 Å². The number of aliphatic hydroxyl groups is 1. The fourth-order valence-electron chi connectivity index (χ4n) is 4.12. The van der Waals surface area contributed by atoms with Crippen molar-refractivity contribution in [1.29, 1.82) is 0 Å². The second kappa shape index (κ2) is 4.28. The molecule has 0 heterocycles. The van der Waals surface area contributed by atoms with E-state index in [9.17, 15) is 5.11 Å². The van der Waals surface area contributed by atoms with Gasteiger partial charge >= 0.3 is 0 Å². The molecule has 4 atom stereocenters. The monoisotopic (exact) mass is 227 g/mol. The van der Waals surface area contributed by atoms with Gasteiger partial charge in [-0.05, 0) is 44.4 Å². The van der Waals surface area contributed by atoms with Crippen molar-refractivity contribution in [1.82, 2.24) is 0 Å². The topological polar surface area (TPSA) is 55.5 Å². The molecule has 4 unspecified atom stereocenters. The first-order valence-electron chi connectivity index (χ1n) is 6.47. The van der Waals surface area contributed by atoms with Crippen molar-refractivity contribution in [3.05, 3.63) is 0 Å². The number of hydrogen-bond acceptors (Lipinski definition) is 3. The Kier molecular flexibility index (Phi) is 3.30. The lowest BCUT2D eigenvalue weighted by Crippen LogP contribution is -2.54. The van der Waals surface area contributed by atoms with Gasteiger partial charge in [0.05, 0.1) is 5.60 Å². The number of rotatable bonds is 5. The van der Waals surface area contributed by atoms with Gasteiger partial charge in [-0.25, -0.2) is 0 Å². The molecule has 3 nitrogen and oxygen atoms in total. The summed E-state index contributed by atoms with van der Waals surface area (Å²) < 4.78 is 5.11. The fourth-order valence-corrected chi connectivity index (χ4v) is 4.12. The van der Waals surface area contributed by atoms with E-state index in [0.717, 1.165) is 12.3 Å². The van der Waals surface area contributed by atoms with E-state index < -0.39 is 5.60 Å². The average molecular weight is 227 g/mol. The van der Waals surface area contributed by atoms with Crippen molar-refractivity contribution < 1.29 is 9.84 Å². The van der Waals surface area contributed by atoms with Gasteiger partial charge in [0.1, 0.15) is 0 Å². The number of nitrogens with two attached hydrogens (primary N) is 1. The molecule has 0 spiro atoms. The van der Waals surface area contributed by atoms with Gasteiger partial charge < -0.3 is 15.6 Å². The van der Waals surface area contributed by atoms with Crippen molar-refractivity contribution in [3.8, 4) is 0 Å². The van der Waals surface area contributed by atoms with Gasteiger partial charge in [0.15, 0.2) is 0 Å². The molecule has 3 heteroatoms. The van der Waals surface area contributed by atoms with Gasteiger partial charge in [-0.15, -0.1) is 0 Å². The first kappa shape index (κ1) is 12.3. The molecule has 3 N–H and O–H groups in total. The predicted octanol–water partition coefficient (Wildman–Crippen LogP) is 1.54. The van der Waals surface area contributed by atoms with Crippen molar-refractivity contribution in [2.45, 2.75) is 44.6 Å². The standard InChI is InChI=1S/C13H25NO2/c1-12(15,5-6-16-2)13(9-14)8-10-3-4-11(13)7-10/h10-11,15H,3-9,14H2,1-2H3. The zero-order chi connectivity index (χ0) is 11.8. The van der Waals surface area contributed by atoms with Crippen LogP contribution in [0.15, 0.2) is 0 Å². The van der Waals surface area contributed by atoms with Gasteiger partial charge in [0.25, 0.3) is 0 Å². The van der Waals surface area contributed by atoms with Crippen LogP contribution in [0.3, 0.4) is 0 Å². The molecule has 2 rings (SSSR count). The predicted molar refractivity (Wildman–Crippen MR) is 64.1 cm³/mol. The first-order chi connectivity index (χ1) is 7.55. The summed E-state index contributed by atoms with van der Waals surface area (Å²) in [7, 11) is 1.69. The Morgan fingerprint density at radius 1 is 1.50 bits per heavy atom. The van der Waals surface area contributed by atoms with Gasteiger partial charge in [0.2, 0.25) is 0 Å². The normalized spacial score (nSPS) is 41.2. The van der Waals surface area contributed by atoms with Crippen molar-refractivity contribution in [3.63, 3.8) is 0 Å². The maximum atomic E-state index is 10.8. The van der Waals surface area contributed by atoms with E-state index in [1.165, 1.54) is 19.3 Å². The van der Waals surface area contributed by atoms with Crippen LogP contribution in [0.25, 0.3) is 0 Å². The van der Waals surface area contributed by atoms with E-state index in [4.69, 9.17) is 10.5 Å². The number of fused-ring (bicyclic) bond motifs is 2. The molecular weight excluding hydrogens is 202 g/mol. The van der Waals surface area contributed by atoms with Crippen molar-refractivity contribution in [2.75, 3.05) is 20.3 Å². The minimum absolute atomic E-state index is 0.0472. The highest BCUT2D eigenvalue weighted by Gasteiger charge is 2.58. The van der Waals surface area contributed by atoms with Crippen LogP contribution in [-0.2, 0) is 4.74 Å². The van der Waals surface area contributed by atoms with E-state index >= 15 is 0 Å². The molecule has 16 heavy (non-hydrogen) atoms. The Morgan fingerprint density at radius 2 is 2.25 bits per heavy atom. The SMILES string of the molecule is COCCC(C)(O)C1(CN)CC2CCC1C2. The Labute approximate surface area is 98.4 Å². The lowest BCUT2D eigenvalue weighted by molar-refractivity contribution is -0.110. The second-order valence-corrected chi connectivity index (χ2v) is 5.96. The van der Waals surface area contributed by atoms with E-state index in [-0.39, 0.29) is 5.41 Å². The lowest BCUT2D eigenvalue weighted by Gasteiger charge is -2.48. The smallest absolute Gasteiger partial charge is 0.0712 e. The van der Waals surface area contributed by atoms with E-state index in [2.05, 4.69) is 0 Å². The molecular formula is C13H25NO2. The van der Waals surface area contributed by atoms with E-state index in [1.54, 1.807) is 7.11 Å². The largest absolute Gasteiger partial charge is 0.389 e. The summed E-state index contributed by atoms with van der Waals surface area (Å²) in [6.07, 6.45) is 5.69. The highest BCUT2D eigenvalue weighted by molar-refractivity contribution is 5.09. The maximum absolute atomic E-state index is 10.8. The van der Waals surface area contributed by atoms with Gasteiger partial charge in [-0.1, -0.05) is 6.42 Å². The van der Waals surface area contributed by atoms with Crippen LogP contribution >= 0.6 is 0 Å². The van der Waals surface area contributed by atoms with Crippen LogP contribution in [0, 0.1) is 17.3 Å². The average Bonchev–Trinajstić information content (AvgIpc) is 2.86. The van der Waals surface area contributed by atoms with Crippen LogP contribution in [0.2, 0.25) is 0 Å². The minimum atomic E-state index is -0.669. The lowest BCUT2D eigenvalue weighted by atomic mass is 9.62. The highest BCUT2D eigenvalue weighted by Crippen LogP contribution is 2.60. The molecule has 2 aliphatic rings. The molecule has 0 aromatic rings. The third kappa shape index (κ3) is 1.69. The summed E-state index contributed by atoms with van der Waals surface area (Å²) >= 11 is 0. The van der Waals surface area contributed by atoms with Crippen LogP contribution in [0.4, 0.5) is 0 Å². The van der Waals surface area contributed by atoms with Gasteiger partial charge in [-0.2, -0.15) is 0 Å². The summed E-state index contributed by atoms with van der Waals surface area (Å²) in [5, 5.41) is 10.8. The molecule has 2 saturated carbocycles. The number of hydrogen-bond donors (Lipinski definition) is 2. The summed E-state index contributed by atoms with van der Waals surface area (Å²) in [5.74, 6) is 1.44. The quantitative estimate of drug-likeness (QED) is 0.749. The summed E-state index contributed by atoms with van der Waals surface area (Å²) in [4.78, 5) is 0. The highest BCUT2D eigenvalue weighted by atomic mass is 16.5. The van der Waals surface area contributed by atoms with Crippen LogP contribution < -0.4 is 5.73 Å². The molecule has 0 radical (unpaired) electrons. The van der Waals surface area contributed by atoms with Crippen molar-refractivity contribution in [2.24, 2.45) is 23.0 Å². The van der Waals surface area contributed by atoms with E-state index in [0.29, 0.717) is 25.5 Å². The van der Waals surface area contributed by atoms with Crippen molar-refractivity contribution >= 4 is 0 Å². The Bertz CT molecular complexity index is 254. The third-order valence-corrected chi connectivity index (χ3v) is 5.21. The molecule has 2 aliphatic carbocycles. The Morgan fingerprint density at radius 3 is 2.69 bits per heavy atom. The molecule has 2 fully saturated rings. The van der Waals surface area contributed by atoms with Crippen LogP contribution in [-0.4, -0.2) is 31.0 Å². The zero-order valence-corrected chi connectivity index (χ0v) is 10.5. The third-order valence-electron chi connectivity index (χ3n) is 5.21. The Balaban J connectivity index is 2.14. The Hall–Kier alpha value is -0.120. The summed E-state index contributed by atoms with van der Waals surface area (Å²) in [6, 6.07) is 0. The molecule has 94 valence electrons. The summed E-state index contributed by atoms with van der Waals surface area (Å²) in [6.45, 7) is 3.19. The molecule has 0 saturated heterocycles. The van der Waals surface area contributed by atoms with Gasteiger partial charge in [-0.3, -0.25) is 0 Å². The molecule has 0 aliphatic heterocycles. The molecule has 2 bridgehead atoms. The molecule has 0 amide bonds. The maximum Gasteiger partial charge on any atom is 0.0712 e.